The highest BCUT2D eigenvalue weighted by Gasteiger charge is 2.23. The summed E-state index contributed by atoms with van der Waals surface area (Å²) in [6.07, 6.45) is 6.65. The van der Waals surface area contributed by atoms with Gasteiger partial charge < -0.3 is 9.88 Å². The van der Waals surface area contributed by atoms with Crippen LogP contribution in [0, 0.1) is 6.92 Å². The van der Waals surface area contributed by atoms with Crippen molar-refractivity contribution in [2.24, 2.45) is 0 Å². The minimum Gasteiger partial charge on any atom is -0.346 e. The van der Waals surface area contributed by atoms with Crippen molar-refractivity contribution in [2.45, 2.75) is 56.0 Å². The molecule has 0 aromatic carbocycles. The standard InChI is InChI=1S/C15H21N5OS2/c1-10-7-22-15(17-10)23-8-13(21)18-11(2)14-19-16-9-20(14)12-5-3-4-6-12/h7,9,11-12H,3-6,8H2,1-2H3,(H,18,21)/t11-/m1/s1. The third-order valence-corrected chi connectivity index (χ3v) is 6.15. The first-order valence-corrected chi connectivity index (χ1v) is 9.73. The number of carbonyl (C=O) groups excluding carboxylic acids is 1. The predicted molar refractivity (Wildman–Crippen MR) is 91.7 cm³/mol. The van der Waals surface area contributed by atoms with E-state index in [1.165, 1.54) is 37.4 Å². The van der Waals surface area contributed by atoms with Crippen LogP contribution in [0.5, 0.6) is 0 Å². The van der Waals surface area contributed by atoms with E-state index in [-0.39, 0.29) is 11.9 Å². The maximum Gasteiger partial charge on any atom is 0.231 e. The topological polar surface area (TPSA) is 72.7 Å². The van der Waals surface area contributed by atoms with Crippen LogP contribution in [0.2, 0.25) is 0 Å². The molecule has 2 aromatic heterocycles. The smallest absolute Gasteiger partial charge is 0.231 e. The van der Waals surface area contributed by atoms with E-state index in [9.17, 15) is 4.79 Å². The number of nitrogens with one attached hydrogen (secondary N) is 1. The predicted octanol–water partition coefficient (Wildman–Crippen LogP) is 3.13. The van der Waals surface area contributed by atoms with Crippen LogP contribution in [0.1, 0.15) is 56.2 Å². The summed E-state index contributed by atoms with van der Waals surface area (Å²) in [5, 5.41) is 13.3. The number of hydrogen-bond acceptors (Lipinski definition) is 6. The first-order valence-electron chi connectivity index (χ1n) is 7.87. The zero-order chi connectivity index (χ0) is 16.2. The first kappa shape index (κ1) is 16.4. The average molecular weight is 352 g/mol. The molecule has 0 aliphatic heterocycles. The minimum absolute atomic E-state index is 0.00340. The highest BCUT2D eigenvalue weighted by molar-refractivity contribution is 8.01. The summed E-state index contributed by atoms with van der Waals surface area (Å²) in [5.41, 5.74) is 0.996. The first-order chi connectivity index (χ1) is 11.1. The number of thiazole rings is 1. The summed E-state index contributed by atoms with van der Waals surface area (Å²) < 4.78 is 3.06. The van der Waals surface area contributed by atoms with Crippen molar-refractivity contribution in [3.05, 3.63) is 23.2 Å². The molecule has 0 saturated heterocycles. The van der Waals surface area contributed by atoms with Gasteiger partial charge in [-0.2, -0.15) is 0 Å². The molecule has 1 fully saturated rings. The number of aromatic nitrogens is 4. The second-order valence-corrected chi connectivity index (χ2v) is 7.95. The van der Waals surface area contributed by atoms with Crippen LogP contribution in [-0.2, 0) is 4.79 Å². The highest BCUT2D eigenvalue weighted by atomic mass is 32.2. The van der Waals surface area contributed by atoms with Crippen LogP contribution in [-0.4, -0.2) is 31.4 Å². The van der Waals surface area contributed by atoms with Crippen molar-refractivity contribution in [1.29, 1.82) is 0 Å². The Bertz CT molecular complexity index is 662. The molecule has 23 heavy (non-hydrogen) atoms. The maximum absolute atomic E-state index is 12.1. The molecule has 1 atom stereocenters. The molecule has 1 aliphatic rings. The van der Waals surface area contributed by atoms with Gasteiger partial charge >= 0.3 is 0 Å². The van der Waals surface area contributed by atoms with Gasteiger partial charge in [0.2, 0.25) is 5.91 Å². The van der Waals surface area contributed by atoms with Crippen LogP contribution in [0.25, 0.3) is 0 Å². The molecular formula is C15H21N5OS2. The Kier molecular flexibility index (Phi) is 5.32. The van der Waals surface area contributed by atoms with Gasteiger partial charge in [0.1, 0.15) is 6.33 Å². The molecule has 0 radical (unpaired) electrons. The molecule has 6 nitrogen and oxygen atoms in total. The second-order valence-electron chi connectivity index (χ2n) is 5.87. The van der Waals surface area contributed by atoms with Gasteiger partial charge in [0, 0.05) is 17.1 Å². The molecule has 1 N–H and O–H groups in total. The Labute approximate surface area is 144 Å². The Morgan fingerprint density at radius 1 is 1.52 bits per heavy atom. The Balaban J connectivity index is 1.55. The fourth-order valence-electron chi connectivity index (χ4n) is 2.90. The van der Waals surface area contributed by atoms with E-state index in [0.717, 1.165) is 15.9 Å². The van der Waals surface area contributed by atoms with E-state index in [1.807, 2.05) is 19.2 Å². The monoisotopic (exact) mass is 351 g/mol. The zero-order valence-electron chi connectivity index (χ0n) is 13.4. The van der Waals surface area contributed by atoms with E-state index < -0.39 is 0 Å². The normalized spacial score (nSPS) is 16.6. The van der Waals surface area contributed by atoms with E-state index in [4.69, 9.17) is 0 Å². The summed E-state index contributed by atoms with van der Waals surface area (Å²) in [6.45, 7) is 3.92. The third-order valence-electron chi connectivity index (χ3n) is 4.01. The van der Waals surface area contributed by atoms with Crippen molar-refractivity contribution in [3.63, 3.8) is 0 Å². The quantitative estimate of drug-likeness (QED) is 0.810. The molecule has 0 spiro atoms. The molecule has 124 valence electrons. The lowest BCUT2D eigenvalue weighted by Crippen LogP contribution is -2.30. The van der Waals surface area contributed by atoms with Crippen LogP contribution >= 0.6 is 23.1 Å². The minimum atomic E-state index is -0.135. The summed E-state index contributed by atoms with van der Waals surface area (Å²) in [5.74, 6) is 1.21. The highest BCUT2D eigenvalue weighted by Crippen LogP contribution is 2.31. The van der Waals surface area contributed by atoms with Gasteiger partial charge in [-0.25, -0.2) is 4.98 Å². The van der Waals surface area contributed by atoms with Gasteiger partial charge in [0.05, 0.1) is 11.8 Å². The van der Waals surface area contributed by atoms with Crippen molar-refractivity contribution in [3.8, 4) is 0 Å². The van der Waals surface area contributed by atoms with Gasteiger partial charge in [-0.3, -0.25) is 4.79 Å². The van der Waals surface area contributed by atoms with Gasteiger partial charge in [0.15, 0.2) is 10.2 Å². The fraction of sp³-hybridized carbons (Fsp3) is 0.600. The van der Waals surface area contributed by atoms with E-state index >= 15 is 0 Å². The fourth-order valence-corrected chi connectivity index (χ4v) is 4.56. The van der Waals surface area contributed by atoms with Crippen molar-refractivity contribution in [1.82, 2.24) is 25.1 Å². The lowest BCUT2D eigenvalue weighted by molar-refractivity contribution is -0.119. The van der Waals surface area contributed by atoms with Crippen LogP contribution < -0.4 is 5.32 Å². The van der Waals surface area contributed by atoms with Crippen LogP contribution in [0.4, 0.5) is 0 Å². The van der Waals surface area contributed by atoms with Crippen molar-refractivity contribution >= 4 is 29.0 Å². The van der Waals surface area contributed by atoms with E-state index in [1.54, 1.807) is 17.7 Å². The molecule has 1 saturated carbocycles. The number of rotatable bonds is 6. The summed E-state index contributed by atoms with van der Waals surface area (Å²) in [7, 11) is 0. The molecule has 2 heterocycles. The Morgan fingerprint density at radius 2 is 2.30 bits per heavy atom. The molecule has 8 heteroatoms. The van der Waals surface area contributed by atoms with Gasteiger partial charge in [-0.15, -0.1) is 21.5 Å². The van der Waals surface area contributed by atoms with E-state index in [2.05, 4.69) is 25.1 Å². The van der Waals surface area contributed by atoms with Crippen molar-refractivity contribution in [2.75, 3.05) is 5.75 Å². The lowest BCUT2D eigenvalue weighted by Gasteiger charge is -2.18. The largest absolute Gasteiger partial charge is 0.346 e. The lowest BCUT2D eigenvalue weighted by atomic mass is 10.2. The van der Waals surface area contributed by atoms with Gasteiger partial charge in [-0.1, -0.05) is 24.6 Å². The number of aryl methyl sites for hydroxylation is 1. The number of hydrogen-bond donors (Lipinski definition) is 1. The molecule has 0 unspecified atom stereocenters. The molecule has 1 aliphatic carbocycles. The summed E-state index contributed by atoms with van der Waals surface area (Å²) in [6, 6.07) is 0.344. The molecule has 0 bridgehead atoms. The Hall–Kier alpha value is -1.41. The maximum atomic E-state index is 12.1. The molecular weight excluding hydrogens is 330 g/mol. The second kappa shape index (κ2) is 7.44. The number of carbonyl (C=O) groups is 1. The number of amides is 1. The molecule has 3 rings (SSSR count). The van der Waals surface area contributed by atoms with Crippen LogP contribution in [0.3, 0.4) is 0 Å². The SMILES string of the molecule is Cc1csc(SCC(=O)N[C@H](C)c2nncn2C2CCCC2)n1. The van der Waals surface area contributed by atoms with Gasteiger partial charge in [-0.05, 0) is 26.7 Å². The zero-order valence-corrected chi connectivity index (χ0v) is 15.0. The van der Waals surface area contributed by atoms with Gasteiger partial charge in [0.25, 0.3) is 0 Å². The summed E-state index contributed by atoms with van der Waals surface area (Å²) >= 11 is 3.04. The number of nitrogens with zero attached hydrogens (tertiary/aromatic N) is 4. The third kappa shape index (κ3) is 4.11. The van der Waals surface area contributed by atoms with E-state index in [0.29, 0.717) is 11.8 Å². The molecule has 1 amide bonds. The number of thioether (sulfide) groups is 1. The summed E-state index contributed by atoms with van der Waals surface area (Å²) in [4.78, 5) is 16.5. The van der Waals surface area contributed by atoms with Crippen molar-refractivity contribution < 1.29 is 4.79 Å². The molecule has 2 aromatic rings. The Morgan fingerprint density at radius 3 is 3.00 bits per heavy atom. The average Bonchev–Trinajstić information content (AvgIpc) is 3.25. The van der Waals surface area contributed by atoms with Crippen LogP contribution in [0.15, 0.2) is 16.0 Å².